The van der Waals surface area contributed by atoms with E-state index in [4.69, 9.17) is 0 Å². The van der Waals surface area contributed by atoms with Gasteiger partial charge in [-0.1, -0.05) is 12.8 Å². The van der Waals surface area contributed by atoms with Gasteiger partial charge in [-0.15, -0.1) is 0 Å². The van der Waals surface area contributed by atoms with Crippen molar-refractivity contribution in [1.29, 1.82) is 0 Å². The molecule has 0 unspecified atom stereocenters. The van der Waals surface area contributed by atoms with Crippen LogP contribution in [0.4, 0.5) is 0 Å². The lowest BCUT2D eigenvalue weighted by molar-refractivity contribution is 0.520. The molecular weight excluding hydrogens is 282 g/mol. The van der Waals surface area contributed by atoms with E-state index in [1.54, 1.807) is 7.05 Å². The van der Waals surface area contributed by atoms with Crippen LogP contribution in [0.1, 0.15) is 43.1 Å². The highest BCUT2D eigenvalue weighted by atomic mass is 16.2. The average Bonchev–Trinajstić information content (AvgIpc) is 3.16. The Labute approximate surface area is 126 Å². The van der Waals surface area contributed by atoms with E-state index in [1.807, 2.05) is 11.3 Å². The molecule has 1 aliphatic carbocycles. The maximum Gasteiger partial charge on any atom is 0.329 e. The molecule has 1 fully saturated rings. The molecule has 7 nitrogen and oxygen atoms in total. The van der Waals surface area contributed by atoms with Crippen molar-refractivity contribution in [1.82, 2.24) is 23.5 Å². The molecule has 0 radical (unpaired) electrons. The Morgan fingerprint density at radius 1 is 1.14 bits per heavy atom. The van der Waals surface area contributed by atoms with Crippen molar-refractivity contribution in [3.05, 3.63) is 32.2 Å². The number of hydrogen-bond donors (Lipinski definition) is 1. The van der Waals surface area contributed by atoms with E-state index < -0.39 is 5.69 Å². The predicted molar refractivity (Wildman–Crippen MR) is 83.5 cm³/mol. The minimum Gasteiger partial charge on any atom is -0.311 e. The second kappa shape index (κ2) is 4.34. The first kappa shape index (κ1) is 13.4. The highest BCUT2D eigenvalue weighted by molar-refractivity contribution is 5.76. The van der Waals surface area contributed by atoms with Crippen molar-refractivity contribution in [2.45, 2.75) is 45.6 Å². The molecule has 0 spiro atoms. The molecule has 0 aliphatic heterocycles. The van der Waals surface area contributed by atoms with Crippen LogP contribution < -0.4 is 11.2 Å². The minimum absolute atomic E-state index is 0.378. The summed E-state index contributed by atoms with van der Waals surface area (Å²) in [5, 5.41) is 0. The predicted octanol–water partition coefficient (Wildman–Crippen LogP) is 1.41. The van der Waals surface area contributed by atoms with E-state index in [0.717, 1.165) is 30.0 Å². The smallest absolute Gasteiger partial charge is 0.311 e. The van der Waals surface area contributed by atoms with Crippen LogP contribution in [-0.2, 0) is 7.05 Å². The zero-order valence-electron chi connectivity index (χ0n) is 13.0. The van der Waals surface area contributed by atoms with E-state index in [-0.39, 0.29) is 5.56 Å². The maximum absolute atomic E-state index is 12.3. The number of aryl methyl sites for hydroxylation is 2. The molecule has 1 aliphatic rings. The summed E-state index contributed by atoms with van der Waals surface area (Å²) >= 11 is 0. The van der Waals surface area contributed by atoms with Crippen LogP contribution >= 0.6 is 0 Å². The molecule has 0 atom stereocenters. The van der Waals surface area contributed by atoms with E-state index in [0.29, 0.717) is 17.2 Å². The number of nitrogens with one attached hydrogen (secondary N) is 1. The quantitative estimate of drug-likeness (QED) is 0.738. The number of rotatable bonds is 1. The first-order chi connectivity index (χ1) is 10.5. The summed E-state index contributed by atoms with van der Waals surface area (Å²) in [6.07, 6.45) is 4.74. The van der Waals surface area contributed by atoms with Crippen LogP contribution in [0.5, 0.6) is 0 Å². The van der Waals surface area contributed by atoms with Gasteiger partial charge in [-0.3, -0.25) is 18.7 Å². The Balaban J connectivity index is 2.20. The van der Waals surface area contributed by atoms with Gasteiger partial charge in [-0.05, 0) is 26.7 Å². The molecule has 3 aromatic rings. The lowest BCUT2D eigenvalue weighted by Gasteiger charge is -2.13. The fourth-order valence-corrected chi connectivity index (χ4v) is 3.74. The monoisotopic (exact) mass is 301 g/mol. The summed E-state index contributed by atoms with van der Waals surface area (Å²) in [5.41, 5.74) is 2.24. The van der Waals surface area contributed by atoms with Gasteiger partial charge >= 0.3 is 5.69 Å². The molecule has 7 heteroatoms. The number of nitrogens with zero attached hydrogens (tertiary/aromatic N) is 4. The van der Waals surface area contributed by atoms with Gasteiger partial charge in [0.25, 0.3) is 5.56 Å². The van der Waals surface area contributed by atoms with Gasteiger partial charge in [0.2, 0.25) is 5.78 Å². The first-order valence-electron chi connectivity index (χ1n) is 7.69. The Morgan fingerprint density at radius 2 is 1.82 bits per heavy atom. The van der Waals surface area contributed by atoms with Gasteiger partial charge < -0.3 is 4.57 Å². The SMILES string of the molecule is Cc1c(C)n2c3c(=O)[nH]c(=O)n(C)c3nc2n1C1CCCC1. The molecule has 0 bridgehead atoms. The van der Waals surface area contributed by atoms with Crippen LogP contribution in [-0.4, -0.2) is 23.5 Å². The fraction of sp³-hybridized carbons (Fsp3) is 0.533. The summed E-state index contributed by atoms with van der Waals surface area (Å²) in [4.78, 5) is 31.1. The topological polar surface area (TPSA) is 77.1 Å². The maximum atomic E-state index is 12.3. The van der Waals surface area contributed by atoms with Gasteiger partial charge in [0.15, 0.2) is 11.2 Å². The van der Waals surface area contributed by atoms with Gasteiger partial charge in [0.05, 0.1) is 0 Å². The summed E-state index contributed by atoms with van der Waals surface area (Å²) in [6.45, 7) is 4.07. The van der Waals surface area contributed by atoms with Crippen LogP contribution in [0.15, 0.2) is 9.59 Å². The molecule has 3 aromatic heterocycles. The van der Waals surface area contributed by atoms with Crippen molar-refractivity contribution >= 4 is 16.9 Å². The van der Waals surface area contributed by atoms with E-state index in [2.05, 4.69) is 21.5 Å². The van der Waals surface area contributed by atoms with E-state index in [1.165, 1.54) is 17.4 Å². The number of fused-ring (bicyclic) bond motifs is 3. The Morgan fingerprint density at radius 3 is 2.50 bits per heavy atom. The van der Waals surface area contributed by atoms with Crippen LogP contribution in [0.25, 0.3) is 16.9 Å². The molecule has 1 N–H and O–H groups in total. The lowest BCUT2D eigenvalue weighted by Crippen LogP contribution is -2.28. The van der Waals surface area contributed by atoms with Crippen molar-refractivity contribution in [2.24, 2.45) is 7.05 Å². The molecule has 0 saturated heterocycles. The van der Waals surface area contributed by atoms with Gasteiger partial charge in [0, 0.05) is 24.5 Å². The molecule has 4 rings (SSSR count). The summed E-state index contributed by atoms with van der Waals surface area (Å²) in [5.74, 6) is 0.767. The highest BCUT2D eigenvalue weighted by Crippen LogP contribution is 2.34. The van der Waals surface area contributed by atoms with Crippen LogP contribution in [0.2, 0.25) is 0 Å². The number of aromatic amines is 1. The van der Waals surface area contributed by atoms with E-state index >= 15 is 0 Å². The normalized spacial score (nSPS) is 16.3. The van der Waals surface area contributed by atoms with Gasteiger partial charge in [-0.2, -0.15) is 4.98 Å². The number of hydrogen-bond acceptors (Lipinski definition) is 3. The van der Waals surface area contributed by atoms with Crippen molar-refractivity contribution in [3.63, 3.8) is 0 Å². The third-order valence-electron chi connectivity index (χ3n) is 5.02. The molecule has 22 heavy (non-hydrogen) atoms. The average molecular weight is 301 g/mol. The third-order valence-corrected chi connectivity index (χ3v) is 5.02. The van der Waals surface area contributed by atoms with Gasteiger partial charge in [0.1, 0.15) is 0 Å². The third kappa shape index (κ3) is 1.53. The molecule has 0 amide bonds. The zero-order valence-corrected chi connectivity index (χ0v) is 13.0. The first-order valence-corrected chi connectivity index (χ1v) is 7.69. The molecular formula is C15H19N5O2. The molecule has 3 heterocycles. The van der Waals surface area contributed by atoms with Crippen molar-refractivity contribution in [2.75, 3.05) is 0 Å². The number of aromatic nitrogens is 5. The van der Waals surface area contributed by atoms with Crippen molar-refractivity contribution < 1.29 is 0 Å². The van der Waals surface area contributed by atoms with E-state index in [9.17, 15) is 9.59 Å². The van der Waals surface area contributed by atoms with Gasteiger partial charge in [-0.25, -0.2) is 4.79 Å². The minimum atomic E-state index is -0.431. The second-order valence-corrected chi connectivity index (χ2v) is 6.22. The number of H-pyrrole nitrogens is 1. The molecule has 1 saturated carbocycles. The Hall–Kier alpha value is -2.31. The Bertz CT molecular complexity index is 1010. The fourth-order valence-electron chi connectivity index (χ4n) is 3.74. The molecule has 0 aromatic carbocycles. The largest absolute Gasteiger partial charge is 0.329 e. The summed E-state index contributed by atoms with van der Waals surface area (Å²) in [7, 11) is 1.63. The molecule has 116 valence electrons. The number of imidazole rings is 2. The van der Waals surface area contributed by atoms with Crippen molar-refractivity contribution in [3.8, 4) is 0 Å². The van der Waals surface area contributed by atoms with Crippen LogP contribution in [0.3, 0.4) is 0 Å². The second-order valence-electron chi connectivity index (χ2n) is 6.22. The Kier molecular flexibility index (Phi) is 2.64. The standard InChI is InChI=1S/C15H19N5O2/c1-8-9(2)20-11-12(18(3)15(22)17-13(11)21)16-14(20)19(8)10-6-4-5-7-10/h10H,4-7H2,1-3H3,(H,17,21,22). The highest BCUT2D eigenvalue weighted by Gasteiger charge is 2.26. The zero-order chi connectivity index (χ0) is 15.6. The summed E-state index contributed by atoms with van der Waals surface area (Å²) < 4.78 is 5.53. The lowest BCUT2D eigenvalue weighted by atomic mass is 10.2. The van der Waals surface area contributed by atoms with Crippen LogP contribution in [0, 0.1) is 13.8 Å². The summed E-state index contributed by atoms with van der Waals surface area (Å²) in [6, 6.07) is 0.434.